The minimum absolute atomic E-state index is 0. The summed E-state index contributed by atoms with van der Waals surface area (Å²) in [5, 5.41) is 19.8. The van der Waals surface area contributed by atoms with Crippen LogP contribution >= 0.6 is 0 Å². The van der Waals surface area contributed by atoms with Gasteiger partial charge in [-0.25, -0.2) is 0 Å². The van der Waals surface area contributed by atoms with Gasteiger partial charge in [-0.3, -0.25) is 0 Å². The van der Waals surface area contributed by atoms with Crippen molar-refractivity contribution in [2.24, 2.45) is 0 Å². The molecule has 0 aromatic rings. The van der Waals surface area contributed by atoms with Crippen molar-refractivity contribution in [1.82, 2.24) is 0 Å². The quantitative estimate of drug-likeness (QED) is 0.438. The van der Waals surface area contributed by atoms with Crippen LogP contribution in [0.3, 0.4) is 0 Å². The Labute approximate surface area is 170 Å². The molecule has 0 fully saturated rings. The number of carboxylic acids is 2. The predicted molar refractivity (Wildman–Crippen MR) is 76.8 cm³/mol. The Morgan fingerprint density at radius 1 is 0.619 bits per heavy atom. The van der Waals surface area contributed by atoms with Crippen LogP contribution < -0.4 is 10.2 Å². The predicted octanol–water partition coefficient (Wildman–Crippen LogP) is 2.19. The molecule has 0 aromatic heterocycles. The maximum Gasteiger partial charge on any atom is 2.00 e. The first-order chi connectivity index (χ1) is 9.54. The smallest absolute Gasteiger partial charge is 0.550 e. The Balaban J connectivity index is -0.000000295. The molecule has 0 bridgehead atoms. The summed E-state index contributed by atoms with van der Waals surface area (Å²) >= 11 is 0. The topological polar surface area (TPSA) is 80.3 Å². The van der Waals surface area contributed by atoms with E-state index in [0.717, 1.165) is 38.5 Å². The molecule has 0 atom stereocenters. The largest absolute Gasteiger partial charge is 2.00 e. The molecule has 125 valence electrons. The van der Waals surface area contributed by atoms with E-state index in [4.69, 9.17) is 0 Å². The summed E-state index contributed by atoms with van der Waals surface area (Å²) in [5.74, 6) is -1.84. The van der Waals surface area contributed by atoms with Gasteiger partial charge in [0.15, 0.2) is 0 Å². The molecular weight excluding hydrogens is 408 g/mol. The van der Waals surface area contributed by atoms with Crippen LogP contribution in [0.2, 0.25) is 0 Å². The fourth-order valence-corrected chi connectivity index (χ4v) is 1.75. The average molecular weight is 438 g/mol. The van der Waals surface area contributed by atoms with E-state index in [1.165, 1.54) is 25.7 Å². The molecule has 0 aromatic carbocycles. The second kappa shape index (κ2) is 22.8. The number of aliphatic carboxylic acids is 2. The third kappa shape index (κ3) is 33.4. The van der Waals surface area contributed by atoms with Crippen LogP contribution in [-0.4, -0.2) is 11.9 Å². The van der Waals surface area contributed by atoms with Gasteiger partial charge in [0.2, 0.25) is 0 Å². The van der Waals surface area contributed by atoms with Crippen LogP contribution in [-0.2, 0) is 9.59 Å². The zero-order valence-corrected chi connectivity index (χ0v) is 15.9. The summed E-state index contributed by atoms with van der Waals surface area (Å²) in [6.45, 7) is 4.28. The monoisotopic (exact) mass is 439 g/mol. The zero-order chi connectivity index (χ0) is 15.6. The summed E-state index contributed by atoms with van der Waals surface area (Å²) < 4.78 is 0. The van der Waals surface area contributed by atoms with Gasteiger partial charge in [0.05, 0.1) is 0 Å². The summed E-state index contributed by atoms with van der Waals surface area (Å²) in [4.78, 5) is 19.8. The molecule has 0 saturated heterocycles. The molecule has 0 amide bonds. The van der Waals surface area contributed by atoms with E-state index >= 15 is 0 Å². The molecule has 21 heavy (non-hydrogen) atoms. The molecule has 5 heteroatoms. The van der Waals surface area contributed by atoms with Crippen molar-refractivity contribution in [3.8, 4) is 0 Å². The molecule has 1 radical (unpaired) electrons. The molecule has 0 saturated carbocycles. The summed E-state index contributed by atoms with van der Waals surface area (Å²) in [5.41, 5.74) is 0. The van der Waals surface area contributed by atoms with Crippen molar-refractivity contribution in [1.29, 1.82) is 0 Å². The van der Waals surface area contributed by atoms with Crippen LogP contribution in [0.5, 0.6) is 0 Å². The Morgan fingerprint density at radius 3 is 1.14 bits per heavy atom. The Morgan fingerprint density at radius 2 is 0.905 bits per heavy atom. The first kappa shape index (κ1) is 26.4. The molecule has 0 aliphatic carbocycles. The molecule has 0 aliphatic heterocycles. The van der Waals surface area contributed by atoms with Gasteiger partial charge < -0.3 is 19.8 Å². The van der Waals surface area contributed by atoms with Crippen molar-refractivity contribution < 1.29 is 69.2 Å². The molecule has 0 unspecified atom stereocenters. The number of unbranched alkanes of at least 4 members (excludes halogenated alkanes) is 8. The normalized spacial score (nSPS) is 9.24. The Kier molecular flexibility index (Phi) is 28.7. The number of hydrogen-bond acceptors (Lipinski definition) is 4. The maximum atomic E-state index is 9.92. The molecule has 0 rings (SSSR count). The Bertz CT molecular complexity index is 208. The molecule has 0 heterocycles. The van der Waals surface area contributed by atoms with Gasteiger partial charge in [-0.2, -0.15) is 0 Å². The molecule has 0 N–H and O–H groups in total. The molecule has 4 nitrogen and oxygen atoms in total. The van der Waals surface area contributed by atoms with E-state index in [-0.39, 0.29) is 62.2 Å². The number of carboxylic acid groups (broad SMARTS) is 2. The second-order valence-corrected chi connectivity index (χ2v) is 5.07. The zero-order valence-electron chi connectivity index (χ0n) is 13.5. The van der Waals surface area contributed by atoms with Crippen LogP contribution in [0.25, 0.3) is 0 Å². The van der Waals surface area contributed by atoms with Gasteiger partial charge >= 0.3 is 49.4 Å². The first-order valence-electron chi connectivity index (χ1n) is 7.94. The standard InChI is InChI=1S/2C8H16O2.Eu/c2*1-2-3-4-5-6-7-8(9)10;/h2*2-7H2,1H3,(H,9,10);/q;;+2/p-2. The van der Waals surface area contributed by atoms with Crippen molar-refractivity contribution in [3.05, 3.63) is 0 Å². The van der Waals surface area contributed by atoms with Crippen LogP contribution in [0.1, 0.15) is 90.9 Å². The van der Waals surface area contributed by atoms with E-state index in [1.807, 2.05) is 0 Å². The first-order valence-corrected chi connectivity index (χ1v) is 7.94. The fraction of sp³-hybridized carbons (Fsp3) is 0.875. The molecule has 0 spiro atoms. The summed E-state index contributed by atoms with van der Waals surface area (Å²) in [7, 11) is 0. The molecular formula is C16H30EuO4. The molecule has 0 aliphatic rings. The van der Waals surface area contributed by atoms with E-state index in [9.17, 15) is 19.8 Å². The third-order valence-electron chi connectivity index (χ3n) is 2.97. The van der Waals surface area contributed by atoms with E-state index in [1.54, 1.807) is 0 Å². The third-order valence-corrected chi connectivity index (χ3v) is 2.97. The van der Waals surface area contributed by atoms with E-state index < -0.39 is 11.9 Å². The summed E-state index contributed by atoms with van der Waals surface area (Å²) in [6, 6.07) is 0. The number of hydrogen-bond donors (Lipinski definition) is 0. The van der Waals surface area contributed by atoms with Crippen LogP contribution in [0, 0.1) is 49.4 Å². The van der Waals surface area contributed by atoms with Crippen LogP contribution in [0.15, 0.2) is 0 Å². The van der Waals surface area contributed by atoms with Gasteiger partial charge in [0.1, 0.15) is 0 Å². The van der Waals surface area contributed by atoms with Crippen LogP contribution in [0.4, 0.5) is 0 Å². The maximum absolute atomic E-state index is 9.92. The van der Waals surface area contributed by atoms with Crippen molar-refractivity contribution in [2.75, 3.05) is 0 Å². The number of carbonyl (C=O) groups excluding carboxylic acids is 2. The van der Waals surface area contributed by atoms with E-state index in [2.05, 4.69) is 13.8 Å². The fourth-order valence-electron chi connectivity index (χ4n) is 1.75. The van der Waals surface area contributed by atoms with Gasteiger partial charge in [-0.15, -0.1) is 0 Å². The minimum atomic E-state index is -0.920. The second-order valence-electron chi connectivity index (χ2n) is 5.07. The van der Waals surface area contributed by atoms with Gasteiger partial charge in [0, 0.05) is 11.9 Å². The number of rotatable bonds is 12. The number of carbonyl (C=O) groups is 2. The van der Waals surface area contributed by atoms with Gasteiger partial charge in [-0.05, 0) is 25.7 Å². The van der Waals surface area contributed by atoms with Crippen molar-refractivity contribution in [2.45, 2.75) is 90.9 Å². The minimum Gasteiger partial charge on any atom is -0.550 e. The van der Waals surface area contributed by atoms with Crippen molar-refractivity contribution >= 4 is 11.9 Å². The Hall–Kier alpha value is 0.524. The summed E-state index contributed by atoms with van der Waals surface area (Å²) in [6.07, 6.45) is 11.2. The van der Waals surface area contributed by atoms with Gasteiger partial charge in [0.25, 0.3) is 0 Å². The average Bonchev–Trinajstić information content (AvgIpc) is 2.38. The van der Waals surface area contributed by atoms with E-state index in [0.29, 0.717) is 0 Å². The SMILES string of the molecule is CCCCCCCC(=O)[O-].CCCCCCCC(=O)[O-].[Eu+2]. The van der Waals surface area contributed by atoms with Gasteiger partial charge in [-0.1, -0.05) is 65.2 Å². The van der Waals surface area contributed by atoms with Crippen molar-refractivity contribution in [3.63, 3.8) is 0 Å².